The molecule has 0 saturated carbocycles. The molecule has 1 saturated heterocycles. The number of aromatic nitrogens is 2. The number of nitro groups is 1. The summed E-state index contributed by atoms with van der Waals surface area (Å²) in [6.45, 7) is 7.00. The lowest BCUT2D eigenvalue weighted by Gasteiger charge is -2.41. The van der Waals surface area contributed by atoms with Gasteiger partial charge in [-0.1, -0.05) is 23.7 Å². The second kappa shape index (κ2) is 11.8. The first-order chi connectivity index (χ1) is 20.0. The van der Waals surface area contributed by atoms with E-state index in [1.54, 1.807) is 29.7 Å². The van der Waals surface area contributed by atoms with Gasteiger partial charge in [0.2, 0.25) is 10.0 Å². The SMILES string of the molecule is CCOc1ccc(-n2c(C(C)N3CCN(S(=O)(=O)c4ccc(Cl)c([N+](=O)[O-])c4)C(C)C3)nc3ccccc3c2=O)cc1. The van der Waals surface area contributed by atoms with E-state index in [2.05, 4.69) is 4.90 Å². The highest BCUT2D eigenvalue weighted by Crippen LogP contribution is 2.32. The normalized spacial score (nSPS) is 17.3. The molecule has 42 heavy (non-hydrogen) atoms. The molecule has 0 radical (unpaired) electrons. The van der Waals surface area contributed by atoms with Gasteiger partial charge in [-0.05, 0) is 69.3 Å². The minimum atomic E-state index is -4.03. The molecule has 1 aliphatic rings. The topological polar surface area (TPSA) is 128 Å². The summed E-state index contributed by atoms with van der Waals surface area (Å²) in [5.41, 5.74) is 0.546. The van der Waals surface area contributed by atoms with Crippen LogP contribution in [0.25, 0.3) is 16.6 Å². The molecule has 4 aromatic rings. The zero-order chi connectivity index (χ0) is 30.2. The van der Waals surface area contributed by atoms with Crippen LogP contribution in [0, 0.1) is 10.1 Å². The van der Waals surface area contributed by atoms with Gasteiger partial charge in [-0.15, -0.1) is 0 Å². The monoisotopic (exact) mass is 611 g/mol. The van der Waals surface area contributed by atoms with Crippen molar-refractivity contribution >= 4 is 38.2 Å². The van der Waals surface area contributed by atoms with Gasteiger partial charge in [0.1, 0.15) is 16.6 Å². The van der Waals surface area contributed by atoms with Gasteiger partial charge in [0.25, 0.3) is 11.2 Å². The number of para-hydroxylation sites is 1. The molecular formula is C29H30ClN5O6S. The fourth-order valence-electron chi connectivity index (χ4n) is 5.31. The van der Waals surface area contributed by atoms with Crippen molar-refractivity contribution in [3.63, 3.8) is 0 Å². The summed E-state index contributed by atoms with van der Waals surface area (Å²) in [7, 11) is -4.03. The number of benzene rings is 3. The van der Waals surface area contributed by atoms with Gasteiger partial charge < -0.3 is 4.74 Å². The van der Waals surface area contributed by atoms with Gasteiger partial charge in [0, 0.05) is 31.7 Å². The molecule has 2 heterocycles. The van der Waals surface area contributed by atoms with E-state index >= 15 is 0 Å². The Kier molecular flexibility index (Phi) is 8.33. The fraction of sp³-hybridized carbons (Fsp3) is 0.310. The predicted molar refractivity (Wildman–Crippen MR) is 160 cm³/mol. The highest BCUT2D eigenvalue weighted by atomic mass is 35.5. The van der Waals surface area contributed by atoms with Crippen molar-refractivity contribution in [2.24, 2.45) is 0 Å². The number of ether oxygens (including phenoxy) is 1. The van der Waals surface area contributed by atoms with Crippen molar-refractivity contribution in [3.8, 4) is 11.4 Å². The van der Waals surface area contributed by atoms with Crippen LogP contribution < -0.4 is 10.3 Å². The predicted octanol–water partition coefficient (Wildman–Crippen LogP) is 4.80. The molecule has 1 aromatic heterocycles. The molecule has 13 heteroatoms. The van der Waals surface area contributed by atoms with Crippen molar-refractivity contribution in [3.05, 3.63) is 98.0 Å². The van der Waals surface area contributed by atoms with E-state index in [0.29, 0.717) is 47.9 Å². The molecule has 2 unspecified atom stereocenters. The Morgan fingerprint density at radius 1 is 1.12 bits per heavy atom. The van der Waals surface area contributed by atoms with Crippen LogP contribution in [0.5, 0.6) is 5.75 Å². The van der Waals surface area contributed by atoms with Gasteiger partial charge in [0.05, 0.1) is 39.1 Å². The van der Waals surface area contributed by atoms with Gasteiger partial charge in [-0.3, -0.25) is 24.4 Å². The van der Waals surface area contributed by atoms with Gasteiger partial charge >= 0.3 is 0 Å². The highest BCUT2D eigenvalue weighted by Gasteiger charge is 2.37. The summed E-state index contributed by atoms with van der Waals surface area (Å²) in [6, 6.07) is 17.1. The van der Waals surface area contributed by atoms with Crippen molar-refractivity contribution in [2.45, 2.75) is 37.8 Å². The zero-order valence-electron chi connectivity index (χ0n) is 23.3. The average Bonchev–Trinajstić information content (AvgIpc) is 2.97. The first kappa shape index (κ1) is 29.6. The van der Waals surface area contributed by atoms with Crippen molar-refractivity contribution < 1.29 is 18.1 Å². The summed E-state index contributed by atoms with van der Waals surface area (Å²) in [5, 5.41) is 11.7. The van der Waals surface area contributed by atoms with Crippen LogP contribution >= 0.6 is 11.6 Å². The van der Waals surface area contributed by atoms with E-state index in [-0.39, 0.29) is 28.1 Å². The standard InChI is InChI=1S/C29H30ClN5O6S/c1-4-41-22-11-9-21(10-12-22)34-28(31-26-8-6-5-7-24(26)29(34)36)20(3)32-15-16-33(19(2)18-32)42(39,40)23-13-14-25(30)27(17-23)35(37)38/h5-14,17,19-20H,4,15-16,18H2,1-3H3. The van der Waals surface area contributed by atoms with E-state index in [4.69, 9.17) is 21.3 Å². The minimum absolute atomic E-state index is 0.132. The first-order valence-corrected chi connectivity index (χ1v) is 15.3. The maximum absolute atomic E-state index is 13.8. The Hall–Kier alpha value is -3.84. The largest absolute Gasteiger partial charge is 0.494 e. The third-order valence-corrected chi connectivity index (χ3v) is 9.78. The van der Waals surface area contributed by atoms with Crippen LogP contribution in [-0.4, -0.2) is 64.4 Å². The highest BCUT2D eigenvalue weighted by molar-refractivity contribution is 7.89. The van der Waals surface area contributed by atoms with Crippen molar-refractivity contribution in [1.82, 2.24) is 18.8 Å². The van der Waals surface area contributed by atoms with Gasteiger partial charge in [0.15, 0.2) is 0 Å². The van der Waals surface area contributed by atoms with Crippen LogP contribution in [0.15, 0.2) is 76.4 Å². The number of nitrogens with zero attached hydrogens (tertiary/aromatic N) is 5. The average molecular weight is 612 g/mol. The number of nitro benzene ring substituents is 1. The number of hydrogen-bond acceptors (Lipinski definition) is 8. The number of fused-ring (bicyclic) bond motifs is 1. The molecule has 220 valence electrons. The summed E-state index contributed by atoms with van der Waals surface area (Å²) >= 11 is 5.90. The molecular weight excluding hydrogens is 582 g/mol. The second-order valence-electron chi connectivity index (χ2n) is 10.1. The van der Waals surface area contributed by atoms with E-state index in [1.165, 1.54) is 16.4 Å². The lowest BCUT2D eigenvalue weighted by molar-refractivity contribution is -0.384. The molecule has 0 bridgehead atoms. The van der Waals surface area contributed by atoms with Crippen molar-refractivity contribution in [1.29, 1.82) is 0 Å². The molecule has 2 atom stereocenters. The molecule has 5 rings (SSSR count). The molecule has 0 spiro atoms. The number of sulfonamides is 1. The second-order valence-corrected chi connectivity index (χ2v) is 12.4. The molecule has 1 fully saturated rings. The van der Waals surface area contributed by atoms with Crippen LogP contribution in [0.4, 0.5) is 5.69 Å². The number of piperazine rings is 1. The Labute approximate surface area is 248 Å². The van der Waals surface area contributed by atoms with E-state index in [9.17, 15) is 23.3 Å². The maximum atomic E-state index is 13.8. The summed E-state index contributed by atoms with van der Waals surface area (Å²) in [4.78, 5) is 31.2. The third-order valence-electron chi connectivity index (χ3n) is 7.45. The van der Waals surface area contributed by atoms with E-state index < -0.39 is 26.7 Å². The van der Waals surface area contributed by atoms with Gasteiger partial charge in [-0.2, -0.15) is 4.31 Å². The first-order valence-electron chi connectivity index (χ1n) is 13.5. The Bertz CT molecular complexity index is 1810. The molecule has 1 aliphatic heterocycles. The summed E-state index contributed by atoms with van der Waals surface area (Å²) < 4.78 is 35.5. The molecule has 0 amide bonds. The molecule has 0 N–H and O–H groups in total. The number of rotatable bonds is 8. The van der Waals surface area contributed by atoms with Crippen molar-refractivity contribution in [2.75, 3.05) is 26.2 Å². The van der Waals surface area contributed by atoms with Crippen LogP contribution in [0.3, 0.4) is 0 Å². The summed E-state index contributed by atoms with van der Waals surface area (Å²) in [6.07, 6.45) is 0. The Morgan fingerprint density at radius 2 is 1.83 bits per heavy atom. The van der Waals surface area contributed by atoms with Crippen LogP contribution in [0.1, 0.15) is 32.6 Å². The summed E-state index contributed by atoms with van der Waals surface area (Å²) in [5.74, 6) is 1.22. The zero-order valence-corrected chi connectivity index (χ0v) is 24.9. The number of halogens is 1. The molecule has 11 nitrogen and oxygen atoms in total. The molecule has 3 aromatic carbocycles. The number of hydrogen-bond donors (Lipinski definition) is 0. The quantitative estimate of drug-likeness (QED) is 0.205. The third kappa shape index (κ3) is 5.50. The minimum Gasteiger partial charge on any atom is -0.494 e. The smallest absolute Gasteiger partial charge is 0.289 e. The lowest BCUT2D eigenvalue weighted by atomic mass is 10.1. The molecule has 0 aliphatic carbocycles. The van der Waals surface area contributed by atoms with Gasteiger partial charge in [-0.25, -0.2) is 13.4 Å². The lowest BCUT2D eigenvalue weighted by Crippen LogP contribution is -2.54. The van der Waals surface area contributed by atoms with Crippen LogP contribution in [-0.2, 0) is 10.0 Å². The Morgan fingerprint density at radius 3 is 2.50 bits per heavy atom. The maximum Gasteiger partial charge on any atom is 0.289 e. The van der Waals surface area contributed by atoms with Crippen LogP contribution in [0.2, 0.25) is 5.02 Å². The fourth-order valence-corrected chi connectivity index (χ4v) is 7.13. The van der Waals surface area contributed by atoms with E-state index in [1.807, 2.05) is 44.2 Å². The van der Waals surface area contributed by atoms with E-state index in [0.717, 1.165) is 6.07 Å². The Balaban J connectivity index is 1.47.